The van der Waals surface area contributed by atoms with Gasteiger partial charge in [-0.2, -0.15) is 0 Å². The molecule has 1 aliphatic heterocycles. The summed E-state index contributed by atoms with van der Waals surface area (Å²) in [5, 5.41) is 4.73. The second kappa shape index (κ2) is 8.71. The summed E-state index contributed by atoms with van der Waals surface area (Å²) in [5.74, 6) is -0.853. The number of hydrogen-bond acceptors (Lipinski definition) is 6. The van der Waals surface area contributed by atoms with Crippen LogP contribution in [-0.2, 0) is 19.6 Å². The topological polar surface area (TPSA) is 108 Å². The third-order valence-electron chi connectivity index (χ3n) is 5.45. The lowest BCUT2D eigenvalue weighted by molar-refractivity contribution is -0.122. The van der Waals surface area contributed by atoms with Crippen molar-refractivity contribution in [2.24, 2.45) is 5.92 Å². The van der Waals surface area contributed by atoms with Gasteiger partial charge in [0.25, 0.3) is 10.0 Å². The zero-order valence-corrected chi connectivity index (χ0v) is 19.2. The molecule has 2 heterocycles. The van der Waals surface area contributed by atoms with Crippen molar-refractivity contribution in [1.29, 1.82) is 0 Å². The molecule has 166 valence electrons. The number of carbonyl (C=O) groups excluding carboxylic acids is 2. The van der Waals surface area contributed by atoms with Crippen LogP contribution in [0.4, 0.5) is 16.5 Å². The number of aryl methyl sites for hydroxylation is 1. The fourth-order valence-corrected chi connectivity index (χ4v) is 5.34. The average Bonchev–Trinajstić information content (AvgIpc) is 3.40. The Balaban J connectivity index is 1.42. The first-order valence-electron chi connectivity index (χ1n) is 9.94. The van der Waals surface area contributed by atoms with Crippen LogP contribution in [0.2, 0.25) is 0 Å². The third-order valence-corrected chi connectivity index (χ3v) is 7.62. The van der Waals surface area contributed by atoms with Crippen LogP contribution < -0.4 is 14.9 Å². The molecule has 0 unspecified atom stereocenters. The smallest absolute Gasteiger partial charge is 0.263 e. The highest BCUT2D eigenvalue weighted by Gasteiger charge is 2.35. The molecule has 3 aromatic rings. The quantitative estimate of drug-likeness (QED) is 0.573. The number of hydrogen-bond donors (Lipinski definition) is 2. The summed E-state index contributed by atoms with van der Waals surface area (Å²) in [6.45, 7) is 4.25. The van der Waals surface area contributed by atoms with Crippen molar-refractivity contribution in [3.8, 4) is 0 Å². The van der Waals surface area contributed by atoms with Gasteiger partial charge < -0.3 is 10.2 Å². The Labute approximate surface area is 190 Å². The van der Waals surface area contributed by atoms with Crippen molar-refractivity contribution >= 4 is 49.7 Å². The molecule has 0 spiro atoms. The van der Waals surface area contributed by atoms with Crippen molar-refractivity contribution in [2.45, 2.75) is 25.2 Å². The number of anilines is 3. The van der Waals surface area contributed by atoms with Gasteiger partial charge in [0.05, 0.1) is 10.8 Å². The molecule has 0 saturated carbocycles. The molecule has 2 aromatic carbocycles. The highest BCUT2D eigenvalue weighted by Crippen LogP contribution is 2.30. The maximum atomic E-state index is 12.8. The van der Waals surface area contributed by atoms with E-state index in [1.807, 2.05) is 32.0 Å². The number of amides is 2. The molecular formula is C22H22N4O4S2. The molecule has 1 aliphatic rings. The highest BCUT2D eigenvalue weighted by atomic mass is 32.2. The van der Waals surface area contributed by atoms with E-state index in [0.29, 0.717) is 12.2 Å². The van der Waals surface area contributed by atoms with Gasteiger partial charge in [-0.3, -0.25) is 14.3 Å². The van der Waals surface area contributed by atoms with E-state index < -0.39 is 15.9 Å². The zero-order chi connectivity index (χ0) is 22.9. The van der Waals surface area contributed by atoms with Crippen molar-refractivity contribution < 1.29 is 18.0 Å². The number of benzene rings is 2. The third kappa shape index (κ3) is 4.51. The Morgan fingerprint density at radius 3 is 2.59 bits per heavy atom. The molecule has 10 heteroatoms. The number of thiazole rings is 1. The Bertz CT molecular complexity index is 1260. The fourth-order valence-electron chi connectivity index (χ4n) is 3.55. The van der Waals surface area contributed by atoms with Crippen molar-refractivity contribution in [3.05, 3.63) is 65.2 Å². The van der Waals surface area contributed by atoms with E-state index in [2.05, 4.69) is 15.0 Å². The molecule has 0 radical (unpaired) electrons. The normalized spacial score (nSPS) is 16.2. The fraction of sp³-hybridized carbons (Fsp3) is 0.227. The molecule has 2 N–H and O–H groups in total. The Morgan fingerprint density at radius 2 is 1.91 bits per heavy atom. The standard InChI is InChI=1S/C22H22N4O4S2/c1-14-4-3-5-19(15(14)2)26-13-16(12-20(26)27)21(28)24-17-6-8-18(9-7-17)32(29,30)25-22-23-10-11-31-22/h3-11,16H,12-13H2,1-2H3,(H,23,25)(H,24,28)/t16-/m0/s1. The summed E-state index contributed by atoms with van der Waals surface area (Å²) in [4.78, 5) is 30.9. The molecule has 0 aliphatic carbocycles. The van der Waals surface area contributed by atoms with Crippen LogP contribution in [0.1, 0.15) is 17.5 Å². The average molecular weight is 471 g/mol. The van der Waals surface area contributed by atoms with Crippen LogP contribution in [0.3, 0.4) is 0 Å². The van der Waals surface area contributed by atoms with Crippen LogP contribution in [0, 0.1) is 19.8 Å². The maximum absolute atomic E-state index is 12.8. The van der Waals surface area contributed by atoms with E-state index in [-0.39, 0.29) is 28.3 Å². The summed E-state index contributed by atoms with van der Waals surface area (Å²) in [7, 11) is -3.76. The summed E-state index contributed by atoms with van der Waals surface area (Å²) < 4.78 is 27.3. The summed E-state index contributed by atoms with van der Waals surface area (Å²) >= 11 is 1.18. The number of nitrogens with zero attached hydrogens (tertiary/aromatic N) is 2. The van der Waals surface area contributed by atoms with Gasteiger partial charge in [-0.1, -0.05) is 12.1 Å². The van der Waals surface area contributed by atoms with Crippen LogP contribution in [0.5, 0.6) is 0 Å². The van der Waals surface area contributed by atoms with Crippen LogP contribution in [-0.4, -0.2) is 31.8 Å². The number of nitrogens with one attached hydrogen (secondary N) is 2. The van der Waals surface area contributed by atoms with Crippen molar-refractivity contribution in [1.82, 2.24) is 4.98 Å². The van der Waals surface area contributed by atoms with Gasteiger partial charge in [0.2, 0.25) is 11.8 Å². The van der Waals surface area contributed by atoms with Crippen LogP contribution in [0.25, 0.3) is 0 Å². The highest BCUT2D eigenvalue weighted by molar-refractivity contribution is 7.93. The molecule has 1 fully saturated rings. The minimum atomic E-state index is -3.76. The largest absolute Gasteiger partial charge is 0.326 e. The molecule has 4 rings (SSSR count). The second-order valence-electron chi connectivity index (χ2n) is 7.58. The van der Waals surface area contributed by atoms with Gasteiger partial charge in [0, 0.05) is 35.9 Å². The lowest BCUT2D eigenvalue weighted by Gasteiger charge is -2.20. The van der Waals surface area contributed by atoms with E-state index >= 15 is 0 Å². The molecule has 1 aromatic heterocycles. The molecule has 8 nitrogen and oxygen atoms in total. The van der Waals surface area contributed by atoms with E-state index in [4.69, 9.17) is 0 Å². The SMILES string of the molecule is Cc1cccc(N2C[C@@H](C(=O)Nc3ccc(S(=O)(=O)Nc4nccs4)cc3)CC2=O)c1C. The van der Waals surface area contributed by atoms with Gasteiger partial charge in [0.1, 0.15) is 0 Å². The first-order valence-corrected chi connectivity index (χ1v) is 12.3. The van der Waals surface area contributed by atoms with Gasteiger partial charge in [-0.15, -0.1) is 11.3 Å². The minimum Gasteiger partial charge on any atom is -0.326 e. The van der Waals surface area contributed by atoms with Gasteiger partial charge >= 0.3 is 0 Å². The lowest BCUT2D eigenvalue weighted by Crippen LogP contribution is -2.28. The van der Waals surface area contributed by atoms with Gasteiger partial charge in [-0.25, -0.2) is 13.4 Å². The monoisotopic (exact) mass is 470 g/mol. The van der Waals surface area contributed by atoms with Crippen molar-refractivity contribution in [3.63, 3.8) is 0 Å². The molecule has 1 atom stereocenters. The molecule has 32 heavy (non-hydrogen) atoms. The van der Waals surface area contributed by atoms with Crippen molar-refractivity contribution in [2.75, 3.05) is 21.5 Å². The maximum Gasteiger partial charge on any atom is 0.263 e. The summed E-state index contributed by atoms with van der Waals surface area (Å²) in [6, 6.07) is 11.6. The number of carbonyl (C=O) groups is 2. The zero-order valence-electron chi connectivity index (χ0n) is 17.5. The Morgan fingerprint density at radius 1 is 1.16 bits per heavy atom. The van der Waals surface area contributed by atoms with Gasteiger partial charge in [-0.05, 0) is 55.3 Å². The Kier molecular flexibility index (Phi) is 5.98. The first kappa shape index (κ1) is 22.0. The number of sulfonamides is 1. The van der Waals surface area contributed by atoms with E-state index in [1.165, 1.54) is 41.8 Å². The van der Waals surface area contributed by atoms with E-state index in [1.54, 1.807) is 10.3 Å². The summed E-state index contributed by atoms with van der Waals surface area (Å²) in [6.07, 6.45) is 1.64. The van der Waals surface area contributed by atoms with Crippen LogP contribution in [0.15, 0.2) is 58.9 Å². The minimum absolute atomic E-state index is 0.0582. The second-order valence-corrected chi connectivity index (χ2v) is 10.2. The predicted molar refractivity (Wildman–Crippen MR) is 124 cm³/mol. The molecular weight excluding hydrogens is 448 g/mol. The number of rotatable bonds is 6. The van der Waals surface area contributed by atoms with E-state index in [9.17, 15) is 18.0 Å². The molecule has 2 amide bonds. The Hall–Kier alpha value is -3.24. The molecule has 0 bridgehead atoms. The predicted octanol–water partition coefficient (Wildman–Crippen LogP) is 3.55. The molecule has 1 saturated heterocycles. The summed E-state index contributed by atoms with van der Waals surface area (Å²) in [5.41, 5.74) is 3.39. The van der Waals surface area contributed by atoms with E-state index in [0.717, 1.165) is 16.8 Å². The number of aromatic nitrogens is 1. The first-order chi connectivity index (χ1) is 15.2. The van der Waals surface area contributed by atoms with Gasteiger partial charge in [0.15, 0.2) is 5.13 Å². The lowest BCUT2D eigenvalue weighted by atomic mass is 10.1. The van der Waals surface area contributed by atoms with Crippen LogP contribution >= 0.6 is 11.3 Å².